The van der Waals surface area contributed by atoms with Gasteiger partial charge < -0.3 is 46.5 Å². The summed E-state index contributed by atoms with van der Waals surface area (Å²) in [6.07, 6.45) is 0. The van der Waals surface area contributed by atoms with Crippen LogP contribution in [-0.4, -0.2) is 13.7 Å². The summed E-state index contributed by atoms with van der Waals surface area (Å²) < 4.78 is 32.8. The fourth-order valence-electron chi connectivity index (χ4n) is 19.7. The number of hydrogen-bond donors (Lipinski definition) is 1. The first-order valence-electron chi connectivity index (χ1n) is 42.9. The SMILES string of the molecule is Clc1ccc2c(c1)oc1ccc3c(ccc4oc5cc(Cl)ccc5c43)c12.c1ccc(N(c2ccc3c(c2)oc2ccc4c(ccc5oc6cc(N(c7ccccc7)c7ccc8c9ccccc9n(-c9ccccc9)c8c7)ccc6c54)c23)c2ccc3c4ccccc4n(-c4ccccc4)c3c2)cc1.c1ccc(Nc2ccc3c4ccccc4n(-c4ccccc4)c3c2)cc1. The van der Waals surface area contributed by atoms with Gasteiger partial charge in [-0.15, -0.1) is 0 Å². The number of nitrogens with zero attached hydrogens (tertiary/aromatic N) is 5. The molecule has 7 heterocycles. The molecule has 0 aliphatic rings. The molecule has 1 N–H and O–H groups in total. The Hall–Kier alpha value is -16.5. The minimum absolute atomic E-state index is 0.668. The number of hydrogen-bond acceptors (Lipinski definition) is 7. The molecule has 0 aliphatic heterocycles. The van der Waals surface area contributed by atoms with Crippen molar-refractivity contribution < 1.29 is 17.7 Å². The quantitative estimate of drug-likeness (QED) is 0.138. The lowest BCUT2D eigenvalue weighted by Crippen LogP contribution is -2.10. The van der Waals surface area contributed by atoms with Crippen molar-refractivity contribution in [3.8, 4) is 17.1 Å². The molecule has 128 heavy (non-hydrogen) atoms. The van der Waals surface area contributed by atoms with Crippen molar-refractivity contribution in [2.45, 2.75) is 0 Å². The van der Waals surface area contributed by atoms with Crippen LogP contribution in [0.25, 0.3) is 192 Å². The fraction of sp³-hybridized carbons (Fsp3) is 0. The molecule has 12 heteroatoms. The molecule has 7 aromatic heterocycles. The Bertz CT molecular complexity index is 8660. The Balaban J connectivity index is 0.000000137. The van der Waals surface area contributed by atoms with E-state index in [4.69, 9.17) is 40.9 Å². The summed E-state index contributed by atoms with van der Waals surface area (Å²) in [4.78, 5) is 4.66. The number of rotatable bonds is 11. The van der Waals surface area contributed by atoms with Gasteiger partial charge in [0.2, 0.25) is 0 Å². The second-order valence-corrected chi connectivity index (χ2v) is 33.4. The second-order valence-electron chi connectivity index (χ2n) is 32.5. The van der Waals surface area contributed by atoms with Gasteiger partial charge in [0.05, 0.1) is 33.1 Å². The summed E-state index contributed by atoms with van der Waals surface area (Å²) in [5.74, 6) is 0. The lowest BCUT2D eigenvalue weighted by Gasteiger charge is -2.25. The van der Waals surface area contributed by atoms with Crippen LogP contribution in [0.5, 0.6) is 0 Å². The van der Waals surface area contributed by atoms with E-state index in [0.29, 0.717) is 10.0 Å². The summed E-state index contributed by atoms with van der Waals surface area (Å²) in [7, 11) is 0. The molecule has 0 fully saturated rings. The third-order valence-corrected chi connectivity index (χ3v) is 25.6. The zero-order valence-electron chi connectivity index (χ0n) is 68.6. The molecule has 0 unspecified atom stereocenters. The Morgan fingerprint density at radius 2 is 0.445 bits per heavy atom. The number of nitrogens with one attached hydrogen (secondary N) is 1. The van der Waals surface area contributed by atoms with E-state index in [1.165, 1.54) is 60.1 Å². The van der Waals surface area contributed by atoms with Gasteiger partial charge in [0.15, 0.2) is 0 Å². The van der Waals surface area contributed by atoms with E-state index in [9.17, 15) is 0 Å². The van der Waals surface area contributed by atoms with Crippen LogP contribution in [0, 0.1) is 0 Å². The maximum Gasteiger partial charge on any atom is 0.137 e. The van der Waals surface area contributed by atoms with Crippen LogP contribution in [0.2, 0.25) is 10.0 Å². The van der Waals surface area contributed by atoms with E-state index < -0.39 is 0 Å². The molecule has 10 nitrogen and oxygen atoms in total. The predicted molar refractivity (Wildman–Crippen MR) is 536 cm³/mol. The monoisotopic (exact) mass is 1680 g/mol. The van der Waals surface area contributed by atoms with Gasteiger partial charge in [-0.2, -0.15) is 0 Å². The molecule has 0 spiro atoms. The van der Waals surface area contributed by atoms with E-state index in [-0.39, 0.29) is 0 Å². The third kappa shape index (κ3) is 12.3. The molecule has 27 rings (SSSR count). The van der Waals surface area contributed by atoms with Crippen molar-refractivity contribution in [1.82, 2.24) is 13.7 Å². The molecule has 0 amide bonds. The highest BCUT2D eigenvalue weighted by molar-refractivity contribution is 6.34. The smallest absolute Gasteiger partial charge is 0.137 e. The third-order valence-electron chi connectivity index (χ3n) is 25.2. The van der Waals surface area contributed by atoms with Crippen molar-refractivity contribution in [2.75, 3.05) is 15.1 Å². The molecule has 0 aliphatic carbocycles. The van der Waals surface area contributed by atoms with Gasteiger partial charge in [0.1, 0.15) is 44.7 Å². The molecule has 0 saturated carbocycles. The van der Waals surface area contributed by atoms with Crippen molar-refractivity contribution in [3.63, 3.8) is 0 Å². The number of halogens is 2. The molecule has 20 aromatic carbocycles. The molecule has 604 valence electrons. The van der Waals surface area contributed by atoms with E-state index in [2.05, 4.69) is 393 Å². The first-order valence-corrected chi connectivity index (χ1v) is 43.6. The predicted octanol–water partition coefficient (Wildman–Crippen LogP) is 34.2. The number of furan rings is 4. The van der Waals surface area contributed by atoms with Gasteiger partial charge in [0, 0.05) is 172 Å². The lowest BCUT2D eigenvalue weighted by atomic mass is 9.99. The summed E-state index contributed by atoms with van der Waals surface area (Å²) >= 11 is 12.2. The van der Waals surface area contributed by atoms with Gasteiger partial charge in [-0.1, -0.05) is 205 Å². The molecule has 0 bridgehead atoms. The van der Waals surface area contributed by atoms with E-state index in [1.54, 1.807) is 0 Å². The molecule has 0 saturated heterocycles. The zero-order chi connectivity index (χ0) is 84.6. The van der Waals surface area contributed by atoms with Crippen LogP contribution in [0.15, 0.2) is 448 Å². The summed E-state index contributed by atoms with van der Waals surface area (Å²) in [6, 6.07) is 151. The Labute approximate surface area is 742 Å². The first kappa shape index (κ1) is 74.2. The average Bonchev–Trinajstić information content (AvgIpc) is 1.57. The van der Waals surface area contributed by atoms with Crippen molar-refractivity contribution >= 4 is 243 Å². The maximum absolute atomic E-state index is 6.83. The van der Waals surface area contributed by atoms with E-state index in [1.807, 2.05) is 66.7 Å². The van der Waals surface area contributed by atoms with Crippen LogP contribution in [0.1, 0.15) is 0 Å². The summed E-state index contributed by atoms with van der Waals surface area (Å²) in [5, 5.41) is 25.4. The number of fused-ring (bicyclic) bond motifs is 27. The van der Waals surface area contributed by atoms with Crippen molar-refractivity contribution in [3.05, 3.63) is 441 Å². The lowest BCUT2D eigenvalue weighted by molar-refractivity contribution is 0.668. The first-order chi connectivity index (χ1) is 63.3. The van der Waals surface area contributed by atoms with Gasteiger partial charge in [-0.3, -0.25) is 0 Å². The van der Waals surface area contributed by atoms with Crippen LogP contribution in [0.3, 0.4) is 0 Å². The van der Waals surface area contributed by atoms with Gasteiger partial charge in [0.25, 0.3) is 0 Å². The Morgan fingerprint density at radius 1 is 0.180 bits per heavy atom. The van der Waals surface area contributed by atoms with Crippen LogP contribution >= 0.6 is 23.2 Å². The van der Waals surface area contributed by atoms with E-state index in [0.717, 1.165) is 177 Å². The molecular formula is C116H72Cl2N6O4. The van der Waals surface area contributed by atoms with E-state index >= 15 is 0 Å². The topological polar surface area (TPSA) is 85.9 Å². The standard InChI is InChI=1S/C70H44N4O2.C24H18N2.C22H10Cl2O2/c1-5-17-45(18-6-1)71(49-29-33-55-53-25-13-15-27-61(53)73(63(55)41-49)47-21-9-3-10-22-47)51-31-35-59-67(43-51)75-65-39-37-58-57(69(59)65)38-40-66-70(58)60-36-32-52(44-68(60)76-66)72(46-19-7-2-8-20-46)50-30-34-56-54-26-14-16-28-62(54)74(64(56)42-50)48-23-11-4-12-24-48;1-3-9-18(10-4-1)25-19-15-16-22-21-13-7-8-14-23(21)26(24(22)17-19)20-11-5-2-6-12-20;23-11-1-3-15-19(9-11)25-17-7-6-14-13(21(15)17)5-8-18-22(14)16-4-2-12(24)10-20(16)26-18/h1-44H;1-17,25H;1-10H. The Morgan fingerprint density at radius 3 is 0.805 bits per heavy atom. The number of benzene rings is 20. The minimum atomic E-state index is 0.668. The fourth-order valence-corrected chi connectivity index (χ4v) is 20.0. The highest BCUT2D eigenvalue weighted by atomic mass is 35.5. The number of para-hydroxylation sites is 9. The van der Waals surface area contributed by atoms with Crippen molar-refractivity contribution in [1.29, 1.82) is 0 Å². The largest absolute Gasteiger partial charge is 0.456 e. The average molecular weight is 1680 g/mol. The highest BCUT2D eigenvalue weighted by Crippen LogP contribution is 2.49. The van der Waals surface area contributed by atoms with Gasteiger partial charge in [-0.05, 0) is 246 Å². The Kier molecular flexibility index (Phi) is 17.5. The summed E-state index contributed by atoms with van der Waals surface area (Å²) in [6.45, 7) is 0. The minimum Gasteiger partial charge on any atom is -0.456 e. The molecule has 0 radical (unpaired) electrons. The summed E-state index contributed by atoms with van der Waals surface area (Å²) in [5.41, 5.74) is 25.5. The molecule has 27 aromatic rings. The molecule has 0 atom stereocenters. The van der Waals surface area contributed by atoms with Crippen LogP contribution in [-0.2, 0) is 0 Å². The number of anilines is 8. The van der Waals surface area contributed by atoms with Crippen LogP contribution < -0.4 is 15.1 Å². The normalized spacial score (nSPS) is 11.8. The second kappa shape index (κ2) is 30.2. The van der Waals surface area contributed by atoms with Gasteiger partial charge >= 0.3 is 0 Å². The highest BCUT2D eigenvalue weighted by Gasteiger charge is 2.26. The van der Waals surface area contributed by atoms with Gasteiger partial charge in [-0.25, -0.2) is 0 Å². The molecular weight excluding hydrogens is 1610 g/mol. The zero-order valence-corrected chi connectivity index (χ0v) is 70.1. The maximum atomic E-state index is 6.83. The number of aromatic nitrogens is 3. The van der Waals surface area contributed by atoms with Crippen molar-refractivity contribution in [2.24, 2.45) is 0 Å². The van der Waals surface area contributed by atoms with Crippen LogP contribution in [0.4, 0.5) is 45.5 Å².